The molecule has 1 amide bonds. The number of ether oxygens (including phenoxy) is 2. The second-order valence-corrected chi connectivity index (χ2v) is 7.68. The summed E-state index contributed by atoms with van der Waals surface area (Å²) in [5.41, 5.74) is 1.63. The molecule has 26 heavy (non-hydrogen) atoms. The minimum absolute atomic E-state index is 0.0654. The van der Waals surface area contributed by atoms with E-state index in [-0.39, 0.29) is 5.91 Å². The van der Waals surface area contributed by atoms with Crippen LogP contribution in [0.25, 0.3) is 15.3 Å². The van der Waals surface area contributed by atoms with Crippen molar-refractivity contribution < 1.29 is 14.3 Å². The molecule has 1 aromatic carbocycles. The van der Waals surface area contributed by atoms with Gasteiger partial charge in [0.1, 0.15) is 0 Å². The summed E-state index contributed by atoms with van der Waals surface area (Å²) in [5, 5.41) is 0.907. The summed E-state index contributed by atoms with van der Waals surface area (Å²) in [6.07, 6.45) is 5.42. The Morgan fingerprint density at radius 3 is 2.58 bits per heavy atom. The monoisotopic (exact) mass is 369 g/mol. The minimum atomic E-state index is -0.454. The number of rotatable bonds is 2. The van der Waals surface area contributed by atoms with Crippen LogP contribution in [0.4, 0.5) is 0 Å². The maximum Gasteiger partial charge on any atom is 0.253 e. The quantitative estimate of drug-likeness (QED) is 0.697. The predicted molar refractivity (Wildman–Crippen MR) is 98.7 cm³/mol. The molecule has 6 nitrogen and oxygen atoms in total. The molecule has 4 heterocycles. The Kier molecular flexibility index (Phi) is 3.81. The van der Waals surface area contributed by atoms with Crippen molar-refractivity contribution in [1.82, 2.24) is 14.5 Å². The lowest BCUT2D eigenvalue weighted by molar-refractivity contribution is -0.181. The number of amides is 1. The molecule has 0 aliphatic carbocycles. The van der Waals surface area contributed by atoms with Gasteiger partial charge in [-0.15, -0.1) is 0 Å². The van der Waals surface area contributed by atoms with Crippen LogP contribution >= 0.6 is 11.3 Å². The highest BCUT2D eigenvalue weighted by Gasteiger charge is 2.40. The van der Waals surface area contributed by atoms with Crippen LogP contribution < -0.4 is 0 Å². The van der Waals surface area contributed by atoms with Gasteiger partial charge in [0.15, 0.2) is 10.9 Å². The first-order valence-corrected chi connectivity index (χ1v) is 9.65. The second-order valence-electron chi connectivity index (χ2n) is 6.67. The molecule has 0 N–H and O–H groups in total. The third-order valence-electron chi connectivity index (χ3n) is 5.08. The topological polar surface area (TPSA) is 56.6 Å². The fourth-order valence-electron chi connectivity index (χ4n) is 3.64. The van der Waals surface area contributed by atoms with Gasteiger partial charge in [-0.1, -0.05) is 11.3 Å². The van der Waals surface area contributed by atoms with Gasteiger partial charge in [0.25, 0.3) is 5.91 Å². The van der Waals surface area contributed by atoms with Crippen molar-refractivity contribution in [2.75, 3.05) is 26.3 Å². The SMILES string of the molecule is O=C(c1ccc2nc(-n3cccc3)sc2c1)N1CCC2(CC1)OCCO2. The molecule has 0 radical (unpaired) electrons. The summed E-state index contributed by atoms with van der Waals surface area (Å²) < 4.78 is 14.5. The summed E-state index contributed by atoms with van der Waals surface area (Å²) in [5.74, 6) is -0.389. The van der Waals surface area contributed by atoms with Crippen LogP contribution in [0.1, 0.15) is 23.2 Å². The number of hydrogen-bond acceptors (Lipinski definition) is 5. The molecule has 2 fully saturated rings. The summed E-state index contributed by atoms with van der Waals surface area (Å²) in [6, 6.07) is 9.70. The number of benzene rings is 1. The van der Waals surface area contributed by atoms with E-state index in [2.05, 4.69) is 4.98 Å². The van der Waals surface area contributed by atoms with Gasteiger partial charge in [0.2, 0.25) is 0 Å². The fraction of sp³-hybridized carbons (Fsp3) is 0.368. The van der Waals surface area contributed by atoms with E-state index in [4.69, 9.17) is 9.47 Å². The van der Waals surface area contributed by atoms with Gasteiger partial charge in [0, 0.05) is 43.9 Å². The van der Waals surface area contributed by atoms with E-state index in [1.807, 2.05) is 52.2 Å². The first kappa shape index (κ1) is 16.0. The van der Waals surface area contributed by atoms with E-state index in [9.17, 15) is 4.79 Å². The predicted octanol–water partition coefficient (Wildman–Crippen LogP) is 3.07. The normalized spacial score (nSPS) is 19.5. The molecule has 2 aromatic heterocycles. The largest absolute Gasteiger partial charge is 0.347 e. The molecule has 1 spiro atoms. The molecule has 0 saturated carbocycles. The van der Waals surface area contributed by atoms with Crippen molar-refractivity contribution in [1.29, 1.82) is 0 Å². The van der Waals surface area contributed by atoms with Crippen LogP contribution in [0.5, 0.6) is 0 Å². The molecular weight excluding hydrogens is 350 g/mol. The van der Waals surface area contributed by atoms with Crippen LogP contribution in [0.15, 0.2) is 42.7 Å². The number of nitrogens with zero attached hydrogens (tertiary/aromatic N) is 3. The Labute approximate surface area is 155 Å². The third kappa shape index (κ3) is 2.72. The van der Waals surface area contributed by atoms with E-state index in [1.165, 1.54) is 0 Å². The van der Waals surface area contributed by atoms with Gasteiger partial charge in [0.05, 0.1) is 23.4 Å². The summed E-state index contributed by atoms with van der Waals surface area (Å²) >= 11 is 1.59. The average Bonchev–Trinajstić information content (AvgIpc) is 3.41. The number of thiazole rings is 1. The Hall–Kier alpha value is -2.22. The molecule has 0 unspecified atom stereocenters. The van der Waals surface area contributed by atoms with Gasteiger partial charge in [-0.25, -0.2) is 4.98 Å². The smallest absolute Gasteiger partial charge is 0.253 e. The molecule has 3 aromatic rings. The summed E-state index contributed by atoms with van der Waals surface area (Å²) in [6.45, 7) is 2.63. The summed E-state index contributed by atoms with van der Waals surface area (Å²) in [7, 11) is 0. The first-order chi connectivity index (χ1) is 12.7. The molecule has 0 bridgehead atoms. The Bertz CT molecular complexity index is 934. The van der Waals surface area contributed by atoms with Crippen molar-refractivity contribution in [3.63, 3.8) is 0 Å². The molecule has 2 saturated heterocycles. The van der Waals surface area contributed by atoms with Crippen molar-refractivity contribution in [2.24, 2.45) is 0 Å². The second kappa shape index (κ2) is 6.19. The molecule has 2 aliphatic heterocycles. The standard InChI is InChI=1S/C19H19N3O3S/c23-17(21-9-5-19(6-10-21)24-11-12-25-19)14-3-4-15-16(13-14)26-18(20-15)22-7-1-2-8-22/h1-4,7-8,13H,5-6,9-12H2. The number of piperidine rings is 1. The van der Waals surface area contributed by atoms with E-state index in [0.717, 1.165) is 28.2 Å². The van der Waals surface area contributed by atoms with Gasteiger partial charge in [-0.2, -0.15) is 0 Å². The van der Waals surface area contributed by atoms with Gasteiger partial charge < -0.3 is 18.9 Å². The number of fused-ring (bicyclic) bond motifs is 1. The molecule has 2 aliphatic rings. The van der Waals surface area contributed by atoms with Crippen LogP contribution in [0, 0.1) is 0 Å². The van der Waals surface area contributed by atoms with Crippen molar-refractivity contribution >= 4 is 27.5 Å². The lowest BCUT2D eigenvalue weighted by Crippen LogP contribution is -2.47. The van der Waals surface area contributed by atoms with Crippen LogP contribution in [0.3, 0.4) is 0 Å². The van der Waals surface area contributed by atoms with Crippen molar-refractivity contribution in [3.05, 3.63) is 48.3 Å². The van der Waals surface area contributed by atoms with Crippen molar-refractivity contribution in [2.45, 2.75) is 18.6 Å². The van der Waals surface area contributed by atoms with E-state index in [1.54, 1.807) is 11.3 Å². The van der Waals surface area contributed by atoms with Gasteiger partial charge in [-0.3, -0.25) is 4.79 Å². The van der Waals surface area contributed by atoms with Crippen LogP contribution in [-0.4, -0.2) is 52.4 Å². The molecular formula is C19H19N3O3S. The molecule has 0 atom stereocenters. The van der Waals surface area contributed by atoms with Crippen LogP contribution in [-0.2, 0) is 9.47 Å². The maximum atomic E-state index is 12.9. The Morgan fingerprint density at radius 1 is 1.12 bits per heavy atom. The number of likely N-dealkylation sites (tertiary alicyclic amines) is 1. The Morgan fingerprint density at radius 2 is 1.85 bits per heavy atom. The Balaban J connectivity index is 1.36. The zero-order valence-electron chi connectivity index (χ0n) is 14.3. The third-order valence-corrected chi connectivity index (χ3v) is 6.11. The number of aromatic nitrogens is 2. The molecule has 5 rings (SSSR count). The van der Waals surface area contributed by atoms with Crippen molar-refractivity contribution in [3.8, 4) is 5.13 Å². The molecule has 7 heteroatoms. The maximum absolute atomic E-state index is 12.9. The lowest BCUT2D eigenvalue weighted by atomic mass is 10.0. The van der Waals surface area contributed by atoms with E-state index < -0.39 is 5.79 Å². The zero-order chi connectivity index (χ0) is 17.6. The number of hydrogen-bond donors (Lipinski definition) is 0. The zero-order valence-corrected chi connectivity index (χ0v) is 15.1. The average molecular weight is 369 g/mol. The van der Waals surface area contributed by atoms with Gasteiger partial charge >= 0.3 is 0 Å². The van der Waals surface area contributed by atoms with E-state index in [0.29, 0.717) is 31.9 Å². The van der Waals surface area contributed by atoms with E-state index >= 15 is 0 Å². The van der Waals surface area contributed by atoms with Crippen LogP contribution in [0.2, 0.25) is 0 Å². The highest BCUT2D eigenvalue weighted by Crippen LogP contribution is 2.32. The highest BCUT2D eigenvalue weighted by molar-refractivity contribution is 7.20. The minimum Gasteiger partial charge on any atom is -0.347 e. The summed E-state index contributed by atoms with van der Waals surface area (Å²) in [4.78, 5) is 19.4. The number of carbonyl (C=O) groups excluding carboxylic acids is 1. The highest BCUT2D eigenvalue weighted by atomic mass is 32.1. The molecule has 134 valence electrons. The lowest BCUT2D eigenvalue weighted by Gasteiger charge is -2.37. The number of carbonyl (C=O) groups is 1. The fourth-order valence-corrected chi connectivity index (χ4v) is 4.61. The first-order valence-electron chi connectivity index (χ1n) is 8.84. The van der Waals surface area contributed by atoms with Gasteiger partial charge in [-0.05, 0) is 30.3 Å².